The molecule has 0 aliphatic rings. The van der Waals surface area contributed by atoms with E-state index in [1.165, 1.54) is 0 Å². The summed E-state index contributed by atoms with van der Waals surface area (Å²) in [7, 11) is 1.64. The van der Waals surface area contributed by atoms with Crippen LogP contribution in [0.5, 0.6) is 0 Å². The molecule has 0 fully saturated rings. The monoisotopic (exact) mass is 337 g/mol. The zero-order valence-corrected chi connectivity index (χ0v) is 13.9. The number of benzene rings is 1. The first-order valence-corrected chi connectivity index (χ1v) is 7.60. The summed E-state index contributed by atoms with van der Waals surface area (Å²) in [5, 5.41) is 7.64. The zero-order valence-electron chi connectivity index (χ0n) is 13.1. The lowest BCUT2D eigenvalue weighted by Crippen LogP contribution is -2.40. The van der Waals surface area contributed by atoms with Crippen molar-refractivity contribution >= 4 is 17.6 Å². The fourth-order valence-corrected chi connectivity index (χ4v) is 2.06. The fourth-order valence-electron chi connectivity index (χ4n) is 1.93. The molecule has 1 heterocycles. The largest absolute Gasteiger partial charge is 0.383 e. The number of hydrogen-bond donors (Lipinski definition) is 2. The van der Waals surface area contributed by atoms with E-state index in [2.05, 4.69) is 20.4 Å². The topological polar surface area (TPSA) is 98.6 Å². The molecule has 1 aromatic heterocycles. The second-order valence-corrected chi connectivity index (χ2v) is 5.47. The number of halogens is 1. The van der Waals surface area contributed by atoms with E-state index in [0.29, 0.717) is 42.3 Å². The maximum atomic E-state index is 5.85. The van der Waals surface area contributed by atoms with Crippen LogP contribution in [0.25, 0.3) is 11.4 Å². The van der Waals surface area contributed by atoms with E-state index in [4.69, 9.17) is 26.6 Å². The molecule has 0 amide bonds. The van der Waals surface area contributed by atoms with Gasteiger partial charge in [0.25, 0.3) is 0 Å². The Morgan fingerprint density at radius 2 is 2.17 bits per heavy atom. The van der Waals surface area contributed by atoms with Crippen LogP contribution >= 0.6 is 11.6 Å². The molecule has 8 heteroatoms. The maximum Gasteiger partial charge on any atom is 0.228 e. The van der Waals surface area contributed by atoms with Gasteiger partial charge in [0.15, 0.2) is 5.96 Å². The van der Waals surface area contributed by atoms with Gasteiger partial charge in [-0.3, -0.25) is 4.99 Å². The van der Waals surface area contributed by atoms with Crippen LogP contribution in [0.2, 0.25) is 5.02 Å². The van der Waals surface area contributed by atoms with Crippen LogP contribution in [0.15, 0.2) is 33.8 Å². The molecule has 2 aromatic rings. The third-order valence-electron chi connectivity index (χ3n) is 2.99. The Balaban J connectivity index is 1.86. The van der Waals surface area contributed by atoms with Crippen molar-refractivity contribution in [2.24, 2.45) is 10.7 Å². The molecule has 1 aromatic carbocycles. The standard InChI is InChI=1S/C15H20ClN5O2/c1-10(9-22-2)19-15(17)18-8-7-13-20-14(21-23-13)11-3-5-12(16)6-4-11/h3-6,10H,7-9H2,1-2H3,(H3,17,18,19). The molecule has 0 saturated heterocycles. The number of ether oxygens (including phenoxy) is 1. The van der Waals surface area contributed by atoms with Crippen LogP contribution in [0.4, 0.5) is 0 Å². The molecule has 0 spiro atoms. The van der Waals surface area contributed by atoms with Gasteiger partial charge in [-0.2, -0.15) is 4.98 Å². The smallest absolute Gasteiger partial charge is 0.228 e. The number of guanidine groups is 1. The number of aliphatic imine (C=N–C) groups is 1. The summed E-state index contributed by atoms with van der Waals surface area (Å²) >= 11 is 5.85. The van der Waals surface area contributed by atoms with Crippen LogP contribution in [-0.4, -0.2) is 42.4 Å². The molecular weight excluding hydrogens is 318 g/mol. The minimum Gasteiger partial charge on any atom is -0.383 e. The lowest BCUT2D eigenvalue weighted by atomic mass is 10.2. The average Bonchev–Trinajstić information content (AvgIpc) is 2.97. The highest BCUT2D eigenvalue weighted by atomic mass is 35.5. The Labute approximate surface area is 139 Å². The van der Waals surface area contributed by atoms with E-state index >= 15 is 0 Å². The molecular formula is C15H20ClN5O2. The molecule has 23 heavy (non-hydrogen) atoms. The first kappa shape index (κ1) is 17.2. The third kappa shape index (κ3) is 5.54. The third-order valence-corrected chi connectivity index (χ3v) is 3.24. The molecule has 0 saturated carbocycles. The van der Waals surface area contributed by atoms with Crippen LogP contribution in [0.1, 0.15) is 12.8 Å². The molecule has 0 radical (unpaired) electrons. The minimum atomic E-state index is 0.101. The van der Waals surface area contributed by atoms with Crippen molar-refractivity contribution in [2.75, 3.05) is 20.3 Å². The van der Waals surface area contributed by atoms with Crippen molar-refractivity contribution in [3.8, 4) is 11.4 Å². The number of nitrogens with one attached hydrogen (secondary N) is 1. The molecule has 124 valence electrons. The quantitative estimate of drug-likeness (QED) is 0.591. The van der Waals surface area contributed by atoms with Crippen molar-refractivity contribution in [2.45, 2.75) is 19.4 Å². The molecule has 1 unspecified atom stereocenters. The van der Waals surface area contributed by atoms with Gasteiger partial charge in [0, 0.05) is 30.2 Å². The SMILES string of the molecule is COCC(C)NC(N)=NCCc1nc(-c2ccc(Cl)cc2)no1. The second kappa shape index (κ2) is 8.50. The predicted molar refractivity (Wildman–Crippen MR) is 89.4 cm³/mol. The molecule has 0 aliphatic carbocycles. The number of methoxy groups -OCH3 is 1. The van der Waals surface area contributed by atoms with Gasteiger partial charge in [0.1, 0.15) is 0 Å². The maximum absolute atomic E-state index is 5.85. The van der Waals surface area contributed by atoms with Crippen LogP contribution in [0, 0.1) is 0 Å². The summed E-state index contributed by atoms with van der Waals surface area (Å²) in [6.07, 6.45) is 0.516. The van der Waals surface area contributed by atoms with Gasteiger partial charge in [-0.15, -0.1) is 0 Å². The van der Waals surface area contributed by atoms with Gasteiger partial charge < -0.3 is 20.3 Å². The van der Waals surface area contributed by atoms with Crippen molar-refractivity contribution in [3.05, 3.63) is 35.2 Å². The van der Waals surface area contributed by atoms with E-state index < -0.39 is 0 Å². The van der Waals surface area contributed by atoms with E-state index in [-0.39, 0.29) is 6.04 Å². The molecule has 3 N–H and O–H groups in total. The average molecular weight is 338 g/mol. The number of nitrogens with zero attached hydrogens (tertiary/aromatic N) is 3. The number of hydrogen-bond acceptors (Lipinski definition) is 5. The van der Waals surface area contributed by atoms with Crippen molar-refractivity contribution < 1.29 is 9.26 Å². The van der Waals surface area contributed by atoms with E-state index in [9.17, 15) is 0 Å². The summed E-state index contributed by atoms with van der Waals surface area (Å²) in [6, 6.07) is 7.35. The van der Waals surface area contributed by atoms with Crippen molar-refractivity contribution in [1.29, 1.82) is 0 Å². The van der Waals surface area contributed by atoms with E-state index in [1.807, 2.05) is 19.1 Å². The van der Waals surface area contributed by atoms with Crippen molar-refractivity contribution in [3.63, 3.8) is 0 Å². The van der Waals surface area contributed by atoms with Gasteiger partial charge in [-0.1, -0.05) is 16.8 Å². The number of rotatable bonds is 7. The van der Waals surface area contributed by atoms with Gasteiger partial charge in [-0.05, 0) is 31.2 Å². The summed E-state index contributed by atoms with van der Waals surface area (Å²) in [5.41, 5.74) is 6.63. The van der Waals surface area contributed by atoms with Crippen LogP contribution in [-0.2, 0) is 11.2 Å². The summed E-state index contributed by atoms with van der Waals surface area (Å²) in [6.45, 7) is 2.98. The van der Waals surface area contributed by atoms with E-state index in [1.54, 1.807) is 19.2 Å². The lowest BCUT2D eigenvalue weighted by Gasteiger charge is -2.12. The lowest BCUT2D eigenvalue weighted by molar-refractivity contribution is 0.179. The Bertz CT molecular complexity index is 642. The van der Waals surface area contributed by atoms with Gasteiger partial charge in [0.05, 0.1) is 13.2 Å². The Kier molecular flexibility index (Phi) is 6.37. The number of aromatic nitrogens is 2. The van der Waals surface area contributed by atoms with Gasteiger partial charge >= 0.3 is 0 Å². The van der Waals surface area contributed by atoms with Crippen molar-refractivity contribution in [1.82, 2.24) is 15.5 Å². The summed E-state index contributed by atoms with van der Waals surface area (Å²) in [4.78, 5) is 8.54. The Hall–Kier alpha value is -2.12. The zero-order chi connectivity index (χ0) is 16.7. The highest BCUT2D eigenvalue weighted by Crippen LogP contribution is 2.18. The Morgan fingerprint density at radius 1 is 1.43 bits per heavy atom. The molecule has 7 nitrogen and oxygen atoms in total. The molecule has 0 bridgehead atoms. The highest BCUT2D eigenvalue weighted by molar-refractivity contribution is 6.30. The van der Waals surface area contributed by atoms with E-state index in [0.717, 1.165) is 5.56 Å². The van der Waals surface area contributed by atoms with Crippen LogP contribution < -0.4 is 11.1 Å². The molecule has 1 atom stereocenters. The van der Waals surface area contributed by atoms with Crippen LogP contribution in [0.3, 0.4) is 0 Å². The minimum absolute atomic E-state index is 0.101. The summed E-state index contributed by atoms with van der Waals surface area (Å²) in [5.74, 6) is 1.41. The normalized spacial score (nSPS) is 13.1. The van der Waals surface area contributed by atoms with Gasteiger partial charge in [-0.25, -0.2) is 0 Å². The molecule has 0 aliphatic heterocycles. The second-order valence-electron chi connectivity index (χ2n) is 5.04. The highest BCUT2D eigenvalue weighted by Gasteiger charge is 2.08. The fraction of sp³-hybridized carbons (Fsp3) is 0.400. The Morgan fingerprint density at radius 3 is 2.87 bits per heavy atom. The predicted octanol–water partition coefficient (Wildman–Crippen LogP) is 1.87. The first-order valence-electron chi connectivity index (χ1n) is 7.22. The summed E-state index contributed by atoms with van der Waals surface area (Å²) < 4.78 is 10.2. The van der Waals surface area contributed by atoms with Gasteiger partial charge in [0.2, 0.25) is 11.7 Å². The first-order chi connectivity index (χ1) is 11.1. The molecule has 2 rings (SSSR count). The number of nitrogens with two attached hydrogens (primary N) is 1.